The van der Waals surface area contributed by atoms with Crippen molar-refractivity contribution in [3.05, 3.63) is 47.8 Å². The molecule has 1 fully saturated rings. The average molecular weight is 311 g/mol. The van der Waals surface area contributed by atoms with Crippen LogP contribution in [0.15, 0.2) is 36.4 Å². The minimum absolute atomic E-state index is 0.620. The molecule has 5 heteroatoms. The third kappa shape index (κ3) is 5.01. The topological polar surface area (TPSA) is 53.1 Å². The van der Waals surface area contributed by atoms with E-state index >= 15 is 0 Å². The molecule has 1 heterocycles. The van der Waals surface area contributed by atoms with Gasteiger partial charge in [-0.15, -0.1) is 0 Å². The Morgan fingerprint density at radius 3 is 2.61 bits per heavy atom. The SMILES string of the molecule is CN(C)CCNCc1cc(C2CC2)nc(Nc2ccccc2)n1. The third-order valence-electron chi connectivity index (χ3n) is 3.87. The lowest BCUT2D eigenvalue weighted by atomic mass is 10.2. The van der Waals surface area contributed by atoms with Gasteiger partial charge in [-0.25, -0.2) is 9.97 Å². The van der Waals surface area contributed by atoms with Gasteiger partial charge in [-0.3, -0.25) is 0 Å². The molecule has 122 valence electrons. The van der Waals surface area contributed by atoms with E-state index in [2.05, 4.69) is 45.7 Å². The first-order chi connectivity index (χ1) is 11.2. The summed E-state index contributed by atoms with van der Waals surface area (Å²) in [4.78, 5) is 11.5. The number of nitrogens with zero attached hydrogens (tertiary/aromatic N) is 3. The van der Waals surface area contributed by atoms with Crippen LogP contribution in [-0.4, -0.2) is 42.1 Å². The maximum Gasteiger partial charge on any atom is 0.227 e. The van der Waals surface area contributed by atoms with E-state index in [-0.39, 0.29) is 0 Å². The maximum absolute atomic E-state index is 4.69. The molecule has 1 aliphatic rings. The Kier molecular flexibility index (Phi) is 5.20. The maximum atomic E-state index is 4.69. The monoisotopic (exact) mass is 311 g/mol. The molecular formula is C18H25N5. The van der Waals surface area contributed by atoms with Gasteiger partial charge in [-0.2, -0.15) is 0 Å². The molecule has 1 aromatic carbocycles. The quantitative estimate of drug-likeness (QED) is 0.734. The summed E-state index contributed by atoms with van der Waals surface area (Å²) in [6.45, 7) is 2.76. The minimum Gasteiger partial charge on any atom is -0.324 e. The molecule has 0 aliphatic heterocycles. The van der Waals surface area contributed by atoms with Crippen molar-refractivity contribution in [3.8, 4) is 0 Å². The predicted molar refractivity (Wildman–Crippen MR) is 94.0 cm³/mol. The highest BCUT2D eigenvalue weighted by atomic mass is 15.1. The number of hydrogen-bond acceptors (Lipinski definition) is 5. The molecular weight excluding hydrogens is 286 g/mol. The van der Waals surface area contributed by atoms with E-state index in [1.807, 2.05) is 30.3 Å². The molecule has 0 bridgehead atoms. The molecule has 0 atom stereocenters. The first-order valence-corrected chi connectivity index (χ1v) is 8.26. The first kappa shape index (κ1) is 15.9. The zero-order chi connectivity index (χ0) is 16.1. The van der Waals surface area contributed by atoms with Crippen LogP contribution in [-0.2, 0) is 6.54 Å². The van der Waals surface area contributed by atoms with Gasteiger partial charge >= 0.3 is 0 Å². The van der Waals surface area contributed by atoms with Crippen LogP contribution >= 0.6 is 0 Å². The molecule has 0 radical (unpaired) electrons. The van der Waals surface area contributed by atoms with Crippen LogP contribution < -0.4 is 10.6 Å². The van der Waals surface area contributed by atoms with E-state index in [0.29, 0.717) is 11.9 Å². The van der Waals surface area contributed by atoms with Crippen molar-refractivity contribution in [1.82, 2.24) is 20.2 Å². The summed E-state index contributed by atoms with van der Waals surface area (Å²) in [5.41, 5.74) is 3.24. The van der Waals surface area contributed by atoms with Gasteiger partial charge in [0, 0.05) is 36.9 Å². The molecule has 0 saturated heterocycles. The molecule has 23 heavy (non-hydrogen) atoms. The first-order valence-electron chi connectivity index (χ1n) is 8.26. The second-order valence-electron chi connectivity index (χ2n) is 6.35. The molecule has 0 unspecified atom stereocenters. The van der Waals surface area contributed by atoms with E-state index in [0.717, 1.165) is 31.0 Å². The fraction of sp³-hybridized carbons (Fsp3) is 0.444. The van der Waals surface area contributed by atoms with Crippen LogP contribution in [0.3, 0.4) is 0 Å². The van der Waals surface area contributed by atoms with Crippen molar-refractivity contribution in [2.45, 2.75) is 25.3 Å². The summed E-state index contributed by atoms with van der Waals surface area (Å²) >= 11 is 0. The number of anilines is 2. The van der Waals surface area contributed by atoms with Gasteiger partial charge in [-0.1, -0.05) is 18.2 Å². The van der Waals surface area contributed by atoms with Crippen molar-refractivity contribution in [3.63, 3.8) is 0 Å². The van der Waals surface area contributed by atoms with E-state index in [4.69, 9.17) is 0 Å². The van der Waals surface area contributed by atoms with E-state index in [1.165, 1.54) is 18.5 Å². The van der Waals surface area contributed by atoms with Gasteiger partial charge in [0.1, 0.15) is 0 Å². The lowest BCUT2D eigenvalue weighted by molar-refractivity contribution is 0.399. The summed E-state index contributed by atoms with van der Waals surface area (Å²) in [6.07, 6.45) is 2.49. The number of benzene rings is 1. The van der Waals surface area contributed by atoms with E-state index in [1.54, 1.807) is 0 Å². The normalized spacial score (nSPS) is 14.2. The van der Waals surface area contributed by atoms with Gasteiger partial charge in [0.05, 0.1) is 5.69 Å². The highest BCUT2D eigenvalue weighted by molar-refractivity contribution is 5.53. The summed E-state index contributed by atoms with van der Waals surface area (Å²) in [5, 5.41) is 6.77. The Morgan fingerprint density at radius 1 is 1.13 bits per heavy atom. The lowest BCUT2D eigenvalue weighted by Crippen LogP contribution is -2.26. The molecule has 0 spiro atoms. The van der Waals surface area contributed by atoms with Gasteiger partial charge in [0.2, 0.25) is 5.95 Å². The van der Waals surface area contributed by atoms with Gasteiger partial charge < -0.3 is 15.5 Å². The zero-order valence-corrected chi connectivity index (χ0v) is 13.9. The fourth-order valence-corrected chi connectivity index (χ4v) is 2.42. The Balaban J connectivity index is 1.68. The van der Waals surface area contributed by atoms with E-state index in [9.17, 15) is 0 Å². The average Bonchev–Trinajstić information content (AvgIpc) is 3.37. The Bertz CT molecular complexity index is 623. The highest BCUT2D eigenvalue weighted by Gasteiger charge is 2.26. The minimum atomic E-state index is 0.620. The summed E-state index contributed by atoms with van der Waals surface area (Å²) in [6, 6.07) is 12.2. The second-order valence-corrected chi connectivity index (χ2v) is 6.35. The van der Waals surface area contributed by atoms with Crippen LogP contribution in [0.5, 0.6) is 0 Å². The molecule has 3 rings (SSSR count). The predicted octanol–water partition coefficient (Wildman–Crippen LogP) is 2.75. The van der Waals surface area contributed by atoms with Gasteiger partial charge in [0.15, 0.2) is 0 Å². The third-order valence-corrected chi connectivity index (χ3v) is 3.87. The van der Waals surface area contributed by atoms with Crippen LogP contribution in [0.1, 0.15) is 30.1 Å². The molecule has 5 nitrogen and oxygen atoms in total. The smallest absolute Gasteiger partial charge is 0.227 e. The van der Waals surface area contributed by atoms with E-state index < -0.39 is 0 Å². The molecule has 2 N–H and O–H groups in total. The molecule has 1 aliphatic carbocycles. The van der Waals surface area contributed by atoms with Crippen LogP contribution in [0.25, 0.3) is 0 Å². The Hall–Kier alpha value is -1.98. The summed E-state index contributed by atoms with van der Waals surface area (Å²) in [5.74, 6) is 1.32. The van der Waals surface area contributed by atoms with Gasteiger partial charge in [-0.05, 0) is 45.1 Å². The van der Waals surface area contributed by atoms with Crippen LogP contribution in [0, 0.1) is 0 Å². The van der Waals surface area contributed by atoms with Crippen LogP contribution in [0.2, 0.25) is 0 Å². The number of hydrogen-bond donors (Lipinski definition) is 2. The zero-order valence-electron chi connectivity index (χ0n) is 13.9. The van der Waals surface area contributed by atoms with Crippen molar-refractivity contribution in [2.75, 3.05) is 32.5 Å². The Labute approximate surface area is 138 Å². The van der Waals surface area contributed by atoms with Crippen molar-refractivity contribution < 1.29 is 0 Å². The standard InChI is InChI=1S/C18H25N5/c1-23(2)11-10-19-13-16-12-17(14-8-9-14)22-18(21-16)20-15-6-4-3-5-7-15/h3-7,12,14,19H,8-11,13H2,1-2H3,(H,20,21,22). The number of rotatable bonds is 8. The van der Waals surface area contributed by atoms with Crippen molar-refractivity contribution >= 4 is 11.6 Å². The summed E-state index contributed by atoms with van der Waals surface area (Å²) < 4.78 is 0. The van der Waals surface area contributed by atoms with Crippen molar-refractivity contribution in [1.29, 1.82) is 0 Å². The number of likely N-dealkylation sites (N-methyl/N-ethyl adjacent to an activating group) is 1. The van der Waals surface area contributed by atoms with Crippen LogP contribution in [0.4, 0.5) is 11.6 Å². The van der Waals surface area contributed by atoms with Gasteiger partial charge in [0.25, 0.3) is 0 Å². The highest BCUT2D eigenvalue weighted by Crippen LogP contribution is 2.39. The number of nitrogens with one attached hydrogen (secondary N) is 2. The molecule has 0 amide bonds. The number of aromatic nitrogens is 2. The van der Waals surface area contributed by atoms with Crippen molar-refractivity contribution in [2.24, 2.45) is 0 Å². The second kappa shape index (κ2) is 7.53. The molecule has 2 aromatic rings. The largest absolute Gasteiger partial charge is 0.324 e. The molecule has 1 aromatic heterocycles. The Morgan fingerprint density at radius 2 is 1.91 bits per heavy atom. The lowest BCUT2D eigenvalue weighted by Gasteiger charge is -2.12. The molecule has 1 saturated carbocycles. The summed E-state index contributed by atoms with van der Waals surface area (Å²) in [7, 11) is 4.17. The fourth-order valence-electron chi connectivity index (χ4n) is 2.42. The number of para-hydroxylation sites is 1.